The van der Waals surface area contributed by atoms with E-state index in [1.807, 2.05) is 0 Å². The van der Waals surface area contributed by atoms with Crippen LogP contribution in [0.1, 0.15) is 6.42 Å². The van der Waals surface area contributed by atoms with Gasteiger partial charge >= 0.3 is 0 Å². The molecule has 4 heteroatoms. The summed E-state index contributed by atoms with van der Waals surface area (Å²) in [6.45, 7) is 1.89. The summed E-state index contributed by atoms with van der Waals surface area (Å²) in [6, 6.07) is 0.365. The Morgan fingerprint density at radius 3 is 3.18 bits per heavy atom. The quantitative estimate of drug-likeness (QED) is 0.556. The van der Waals surface area contributed by atoms with Gasteiger partial charge in [0.1, 0.15) is 4.83 Å². The Morgan fingerprint density at radius 2 is 2.36 bits per heavy atom. The monoisotopic (exact) mass is 218 g/mol. The lowest BCUT2D eigenvalue weighted by atomic mass is 9.94. The topological polar surface area (TPSA) is 41.1 Å². The summed E-state index contributed by atoms with van der Waals surface area (Å²) < 4.78 is 0. The molecule has 2 N–H and O–H groups in total. The second kappa shape index (κ2) is 2.75. The lowest BCUT2D eigenvalue weighted by Crippen LogP contribution is -2.53. The molecule has 0 aromatic carbocycles. The molecule has 2 aliphatic heterocycles. The Kier molecular flexibility index (Phi) is 1.89. The molecule has 11 heavy (non-hydrogen) atoms. The second-order valence-electron chi connectivity index (χ2n) is 3.18. The highest BCUT2D eigenvalue weighted by Gasteiger charge is 2.39. The molecule has 3 atom stereocenters. The van der Waals surface area contributed by atoms with Gasteiger partial charge in [-0.25, -0.2) is 0 Å². The van der Waals surface area contributed by atoms with E-state index in [-0.39, 0.29) is 10.7 Å². The fourth-order valence-corrected chi connectivity index (χ4v) is 2.63. The van der Waals surface area contributed by atoms with Crippen LogP contribution in [0, 0.1) is 5.92 Å². The first-order valence-electron chi connectivity index (χ1n) is 3.94. The summed E-state index contributed by atoms with van der Waals surface area (Å²) in [5.74, 6) is 0.762. The lowest BCUT2D eigenvalue weighted by molar-refractivity contribution is -0.122. The Morgan fingerprint density at radius 1 is 1.55 bits per heavy atom. The van der Waals surface area contributed by atoms with Gasteiger partial charge < -0.3 is 10.6 Å². The summed E-state index contributed by atoms with van der Waals surface area (Å²) in [5.41, 5.74) is 0. The third-order valence-electron chi connectivity index (χ3n) is 2.51. The summed E-state index contributed by atoms with van der Waals surface area (Å²) in [6.07, 6.45) is 1.19. The highest BCUT2D eigenvalue weighted by molar-refractivity contribution is 9.10. The van der Waals surface area contributed by atoms with Gasteiger partial charge in [-0.2, -0.15) is 0 Å². The van der Waals surface area contributed by atoms with Crippen LogP contribution < -0.4 is 10.6 Å². The van der Waals surface area contributed by atoms with Gasteiger partial charge in [-0.05, 0) is 18.9 Å². The van der Waals surface area contributed by atoms with Gasteiger partial charge in [0.25, 0.3) is 0 Å². The van der Waals surface area contributed by atoms with Crippen LogP contribution in [0.3, 0.4) is 0 Å². The minimum atomic E-state index is -0.0243. The standard InChI is InChI=1S/C7H11BrN2O/c8-5-6-4(1-2-9-6)3-10-7(5)11/h4-6,9H,1-3H2,(H,10,11). The smallest absolute Gasteiger partial charge is 0.235 e. The Balaban J connectivity index is 2.11. The number of rotatable bonds is 0. The van der Waals surface area contributed by atoms with E-state index in [0.717, 1.165) is 13.1 Å². The van der Waals surface area contributed by atoms with Crippen molar-refractivity contribution >= 4 is 21.8 Å². The van der Waals surface area contributed by atoms with Crippen molar-refractivity contribution in [2.75, 3.05) is 13.1 Å². The molecule has 62 valence electrons. The molecule has 0 spiro atoms. The van der Waals surface area contributed by atoms with E-state index < -0.39 is 0 Å². The minimum absolute atomic E-state index is 0.0243. The molecule has 0 aromatic rings. The highest BCUT2D eigenvalue weighted by Crippen LogP contribution is 2.25. The van der Waals surface area contributed by atoms with Crippen molar-refractivity contribution in [3.05, 3.63) is 0 Å². The highest BCUT2D eigenvalue weighted by atomic mass is 79.9. The number of alkyl halides is 1. The van der Waals surface area contributed by atoms with E-state index in [1.165, 1.54) is 6.42 Å². The fraction of sp³-hybridized carbons (Fsp3) is 0.857. The van der Waals surface area contributed by atoms with Crippen molar-refractivity contribution in [1.82, 2.24) is 10.6 Å². The number of piperidine rings is 1. The normalized spacial score (nSPS) is 43.4. The molecular weight excluding hydrogens is 208 g/mol. The average molecular weight is 219 g/mol. The number of halogens is 1. The maximum absolute atomic E-state index is 11.1. The molecule has 2 fully saturated rings. The number of fused-ring (bicyclic) bond motifs is 1. The third kappa shape index (κ3) is 1.18. The largest absolute Gasteiger partial charge is 0.355 e. The number of amides is 1. The molecule has 0 aromatic heterocycles. The number of nitrogens with one attached hydrogen (secondary N) is 2. The number of hydrogen-bond donors (Lipinski definition) is 2. The Labute approximate surface area is 74.0 Å². The number of carbonyl (C=O) groups is 1. The minimum Gasteiger partial charge on any atom is -0.355 e. The van der Waals surface area contributed by atoms with Crippen molar-refractivity contribution in [3.8, 4) is 0 Å². The van der Waals surface area contributed by atoms with E-state index in [1.54, 1.807) is 0 Å². The molecule has 0 bridgehead atoms. The molecule has 0 aliphatic carbocycles. The van der Waals surface area contributed by atoms with Crippen LogP contribution in [0.5, 0.6) is 0 Å². The molecule has 2 rings (SSSR count). The van der Waals surface area contributed by atoms with Crippen molar-refractivity contribution in [3.63, 3.8) is 0 Å². The van der Waals surface area contributed by atoms with Crippen LogP contribution in [-0.4, -0.2) is 29.9 Å². The van der Waals surface area contributed by atoms with Gasteiger partial charge in [0, 0.05) is 12.6 Å². The summed E-state index contributed by atoms with van der Waals surface area (Å²) in [7, 11) is 0. The Hall–Kier alpha value is -0.0900. The van der Waals surface area contributed by atoms with E-state index >= 15 is 0 Å². The van der Waals surface area contributed by atoms with Crippen molar-refractivity contribution in [1.29, 1.82) is 0 Å². The van der Waals surface area contributed by atoms with Crippen LogP contribution >= 0.6 is 15.9 Å². The molecule has 2 heterocycles. The zero-order chi connectivity index (χ0) is 7.84. The van der Waals surface area contributed by atoms with Crippen LogP contribution in [0.2, 0.25) is 0 Å². The van der Waals surface area contributed by atoms with Crippen molar-refractivity contribution in [2.24, 2.45) is 5.92 Å². The van der Waals surface area contributed by atoms with Crippen molar-refractivity contribution in [2.45, 2.75) is 17.3 Å². The van der Waals surface area contributed by atoms with Gasteiger partial charge in [-0.15, -0.1) is 0 Å². The van der Waals surface area contributed by atoms with E-state index in [0.29, 0.717) is 12.0 Å². The first kappa shape index (κ1) is 7.55. The van der Waals surface area contributed by atoms with Crippen LogP contribution in [0.25, 0.3) is 0 Å². The first-order chi connectivity index (χ1) is 5.29. The zero-order valence-corrected chi connectivity index (χ0v) is 7.73. The van der Waals surface area contributed by atoms with Gasteiger partial charge in [0.2, 0.25) is 5.91 Å². The summed E-state index contributed by atoms with van der Waals surface area (Å²) >= 11 is 3.39. The van der Waals surface area contributed by atoms with Gasteiger partial charge in [0.05, 0.1) is 0 Å². The molecule has 0 radical (unpaired) electrons. The van der Waals surface area contributed by atoms with Crippen molar-refractivity contribution < 1.29 is 4.79 Å². The third-order valence-corrected chi connectivity index (χ3v) is 3.49. The van der Waals surface area contributed by atoms with Crippen LogP contribution in [-0.2, 0) is 4.79 Å². The Bertz CT molecular complexity index is 185. The van der Waals surface area contributed by atoms with Gasteiger partial charge in [-0.1, -0.05) is 15.9 Å². The van der Waals surface area contributed by atoms with E-state index in [4.69, 9.17) is 0 Å². The summed E-state index contributed by atoms with van der Waals surface area (Å²) in [4.78, 5) is 11.1. The molecular formula is C7H11BrN2O. The number of hydrogen-bond acceptors (Lipinski definition) is 2. The molecule has 2 aliphatic rings. The predicted octanol–water partition coefficient (Wildman–Crippen LogP) is -0.142. The predicted molar refractivity (Wildman–Crippen MR) is 45.6 cm³/mol. The van der Waals surface area contributed by atoms with Gasteiger partial charge in [-0.3, -0.25) is 4.79 Å². The maximum atomic E-state index is 11.1. The molecule has 0 saturated carbocycles. The number of carbonyl (C=O) groups excluding carboxylic acids is 1. The van der Waals surface area contributed by atoms with Crippen LogP contribution in [0.15, 0.2) is 0 Å². The zero-order valence-electron chi connectivity index (χ0n) is 6.14. The molecule has 1 amide bonds. The van der Waals surface area contributed by atoms with E-state index in [9.17, 15) is 4.79 Å². The molecule has 3 nitrogen and oxygen atoms in total. The van der Waals surface area contributed by atoms with Crippen LogP contribution in [0.4, 0.5) is 0 Å². The average Bonchev–Trinajstić information content (AvgIpc) is 2.45. The van der Waals surface area contributed by atoms with E-state index in [2.05, 4.69) is 26.6 Å². The SMILES string of the molecule is O=C1NCC2CCNC2C1Br. The first-order valence-corrected chi connectivity index (χ1v) is 4.86. The second-order valence-corrected chi connectivity index (χ2v) is 4.16. The fourth-order valence-electron chi connectivity index (χ4n) is 1.85. The van der Waals surface area contributed by atoms with Gasteiger partial charge in [0.15, 0.2) is 0 Å². The molecule has 2 saturated heterocycles. The molecule has 3 unspecified atom stereocenters. The lowest BCUT2D eigenvalue weighted by Gasteiger charge is -2.29. The maximum Gasteiger partial charge on any atom is 0.235 e. The summed E-state index contributed by atoms with van der Waals surface area (Å²) in [5, 5.41) is 6.21.